The lowest BCUT2D eigenvalue weighted by molar-refractivity contribution is -0.140. The molecule has 5 nitrogen and oxygen atoms in total. The van der Waals surface area contributed by atoms with Crippen molar-refractivity contribution in [3.63, 3.8) is 0 Å². The van der Waals surface area contributed by atoms with E-state index in [1.165, 1.54) is 7.11 Å². The topological polar surface area (TPSA) is 56.8 Å². The lowest BCUT2D eigenvalue weighted by atomic mass is 10.0. The average Bonchev–Trinajstić information content (AvgIpc) is 2.61. The minimum absolute atomic E-state index is 0.193. The number of anilines is 1. The Bertz CT molecular complexity index is 622. The quantitative estimate of drug-likeness (QED) is 0.793. The highest BCUT2D eigenvalue weighted by atomic mass is 16.5. The van der Waals surface area contributed by atoms with Crippen LogP contribution < -0.4 is 14.8 Å². The number of hydrogen-bond donors (Lipinski definition) is 1. The normalized spacial score (nSPS) is 11.4. The molecule has 2 aromatic carbocycles. The highest BCUT2D eigenvalue weighted by Gasteiger charge is 2.16. The molecule has 0 saturated carbocycles. The number of nitrogens with one attached hydrogen (secondary N) is 1. The molecule has 0 fully saturated rings. The molecule has 0 aromatic heterocycles. The van der Waals surface area contributed by atoms with Crippen LogP contribution in [0.25, 0.3) is 0 Å². The van der Waals surface area contributed by atoms with Gasteiger partial charge in [0.05, 0.1) is 33.8 Å². The lowest BCUT2D eigenvalue weighted by Crippen LogP contribution is -2.16. The number of methoxy groups -OCH3 is 3. The van der Waals surface area contributed by atoms with Crippen LogP contribution >= 0.6 is 0 Å². The largest absolute Gasteiger partial charge is 0.497 e. The minimum Gasteiger partial charge on any atom is -0.497 e. The monoisotopic (exact) mass is 315 g/mol. The number of benzene rings is 2. The van der Waals surface area contributed by atoms with Gasteiger partial charge in [-0.1, -0.05) is 12.1 Å². The summed E-state index contributed by atoms with van der Waals surface area (Å²) in [6.45, 7) is 0. The van der Waals surface area contributed by atoms with Gasteiger partial charge in [-0.2, -0.15) is 0 Å². The first kappa shape index (κ1) is 16.7. The van der Waals surface area contributed by atoms with Gasteiger partial charge < -0.3 is 19.5 Å². The van der Waals surface area contributed by atoms with Crippen molar-refractivity contribution in [3.8, 4) is 11.5 Å². The zero-order chi connectivity index (χ0) is 16.7. The van der Waals surface area contributed by atoms with Crippen molar-refractivity contribution < 1.29 is 19.0 Å². The molecule has 0 heterocycles. The summed E-state index contributed by atoms with van der Waals surface area (Å²) in [7, 11) is 4.64. The van der Waals surface area contributed by atoms with Gasteiger partial charge >= 0.3 is 5.97 Å². The van der Waals surface area contributed by atoms with E-state index in [-0.39, 0.29) is 18.4 Å². The fraction of sp³-hybridized carbons (Fsp3) is 0.278. The third kappa shape index (κ3) is 4.64. The highest BCUT2D eigenvalue weighted by molar-refractivity contribution is 5.71. The maximum absolute atomic E-state index is 11.7. The summed E-state index contributed by atoms with van der Waals surface area (Å²) in [5.41, 5.74) is 1.88. The second-order valence-corrected chi connectivity index (χ2v) is 4.98. The van der Waals surface area contributed by atoms with Gasteiger partial charge in [0.25, 0.3) is 0 Å². The molecule has 1 atom stereocenters. The predicted molar refractivity (Wildman–Crippen MR) is 89.0 cm³/mol. The third-order valence-corrected chi connectivity index (χ3v) is 3.55. The van der Waals surface area contributed by atoms with Gasteiger partial charge in [0.2, 0.25) is 0 Å². The highest BCUT2D eigenvalue weighted by Crippen LogP contribution is 2.26. The molecule has 122 valence electrons. The molecule has 1 N–H and O–H groups in total. The van der Waals surface area contributed by atoms with E-state index in [2.05, 4.69) is 5.32 Å². The Morgan fingerprint density at radius 1 is 0.913 bits per heavy atom. The Morgan fingerprint density at radius 3 is 1.91 bits per heavy atom. The van der Waals surface area contributed by atoms with Crippen LogP contribution in [-0.2, 0) is 9.53 Å². The Balaban J connectivity index is 2.19. The molecule has 0 radical (unpaired) electrons. The first-order valence-electron chi connectivity index (χ1n) is 7.27. The molecule has 0 aliphatic heterocycles. The van der Waals surface area contributed by atoms with Crippen LogP contribution in [0.2, 0.25) is 0 Å². The Hall–Kier alpha value is -2.69. The van der Waals surface area contributed by atoms with E-state index in [9.17, 15) is 4.79 Å². The molecule has 2 rings (SSSR count). The average molecular weight is 315 g/mol. The molecule has 0 amide bonds. The van der Waals surface area contributed by atoms with Crippen molar-refractivity contribution >= 4 is 11.7 Å². The maximum atomic E-state index is 11.7. The molecule has 0 saturated heterocycles. The standard InChI is InChI=1S/C18H21NO4/c1-21-15-8-4-13(5-9-15)17(12-18(20)23-3)19-14-6-10-16(22-2)11-7-14/h4-11,17,19H,12H2,1-3H3. The van der Waals surface area contributed by atoms with E-state index in [0.717, 1.165) is 22.7 Å². The fourth-order valence-electron chi connectivity index (χ4n) is 2.23. The van der Waals surface area contributed by atoms with Crippen LogP contribution in [-0.4, -0.2) is 27.3 Å². The number of rotatable bonds is 7. The van der Waals surface area contributed by atoms with Crippen LogP contribution in [0, 0.1) is 0 Å². The van der Waals surface area contributed by atoms with E-state index in [1.54, 1.807) is 14.2 Å². The third-order valence-electron chi connectivity index (χ3n) is 3.55. The van der Waals surface area contributed by atoms with Gasteiger partial charge in [0, 0.05) is 5.69 Å². The molecule has 0 aliphatic carbocycles. The Morgan fingerprint density at radius 2 is 1.43 bits per heavy atom. The zero-order valence-corrected chi connectivity index (χ0v) is 13.5. The number of esters is 1. The van der Waals surface area contributed by atoms with Gasteiger partial charge in [0.15, 0.2) is 0 Å². The maximum Gasteiger partial charge on any atom is 0.307 e. The molecule has 1 unspecified atom stereocenters. The molecular formula is C18H21NO4. The van der Waals surface area contributed by atoms with E-state index >= 15 is 0 Å². The van der Waals surface area contributed by atoms with Gasteiger partial charge in [-0.05, 0) is 42.0 Å². The number of carbonyl (C=O) groups excluding carboxylic acids is 1. The summed E-state index contributed by atoms with van der Waals surface area (Å²) in [6.07, 6.45) is 0.231. The Kier molecular flexibility index (Phi) is 5.86. The minimum atomic E-state index is -0.271. The van der Waals surface area contributed by atoms with Gasteiger partial charge in [-0.15, -0.1) is 0 Å². The van der Waals surface area contributed by atoms with Crippen molar-refractivity contribution in [1.82, 2.24) is 0 Å². The van der Waals surface area contributed by atoms with Crippen molar-refractivity contribution in [2.24, 2.45) is 0 Å². The van der Waals surface area contributed by atoms with Crippen molar-refractivity contribution in [2.45, 2.75) is 12.5 Å². The molecule has 2 aromatic rings. The number of hydrogen-bond acceptors (Lipinski definition) is 5. The summed E-state index contributed by atoms with van der Waals surface area (Å²) in [4.78, 5) is 11.7. The first-order chi connectivity index (χ1) is 11.2. The smallest absolute Gasteiger partial charge is 0.307 e. The van der Waals surface area contributed by atoms with Crippen LogP contribution in [0.3, 0.4) is 0 Å². The summed E-state index contributed by atoms with van der Waals surface area (Å²) >= 11 is 0. The molecule has 0 bridgehead atoms. The van der Waals surface area contributed by atoms with Crippen LogP contribution in [0.4, 0.5) is 5.69 Å². The van der Waals surface area contributed by atoms with E-state index in [4.69, 9.17) is 14.2 Å². The van der Waals surface area contributed by atoms with E-state index < -0.39 is 0 Å². The fourth-order valence-corrected chi connectivity index (χ4v) is 2.23. The molecule has 5 heteroatoms. The summed E-state index contributed by atoms with van der Waals surface area (Å²) in [5, 5.41) is 3.35. The zero-order valence-electron chi connectivity index (χ0n) is 13.5. The second kappa shape index (κ2) is 8.08. The molecule has 0 spiro atoms. The Labute approximate surface area is 136 Å². The van der Waals surface area contributed by atoms with Gasteiger partial charge in [-0.3, -0.25) is 4.79 Å². The first-order valence-corrected chi connectivity index (χ1v) is 7.27. The van der Waals surface area contributed by atoms with Crippen LogP contribution in [0.1, 0.15) is 18.0 Å². The number of ether oxygens (including phenoxy) is 3. The van der Waals surface area contributed by atoms with Crippen molar-refractivity contribution in [2.75, 3.05) is 26.6 Å². The summed E-state index contributed by atoms with van der Waals surface area (Å²) in [5.74, 6) is 1.28. The molecule has 0 aliphatic rings. The summed E-state index contributed by atoms with van der Waals surface area (Å²) in [6, 6.07) is 15.0. The van der Waals surface area contributed by atoms with E-state index in [0.29, 0.717) is 0 Å². The van der Waals surface area contributed by atoms with Crippen molar-refractivity contribution in [3.05, 3.63) is 54.1 Å². The van der Waals surface area contributed by atoms with Crippen LogP contribution in [0.5, 0.6) is 11.5 Å². The number of carbonyl (C=O) groups is 1. The van der Waals surface area contributed by atoms with Gasteiger partial charge in [-0.25, -0.2) is 0 Å². The predicted octanol–water partition coefficient (Wildman–Crippen LogP) is 3.42. The molecule has 23 heavy (non-hydrogen) atoms. The van der Waals surface area contributed by atoms with Crippen molar-refractivity contribution in [1.29, 1.82) is 0 Å². The molecular weight excluding hydrogens is 294 g/mol. The van der Waals surface area contributed by atoms with Crippen LogP contribution in [0.15, 0.2) is 48.5 Å². The van der Waals surface area contributed by atoms with E-state index in [1.807, 2.05) is 48.5 Å². The SMILES string of the molecule is COC(=O)CC(Nc1ccc(OC)cc1)c1ccc(OC)cc1. The van der Waals surface area contributed by atoms with Gasteiger partial charge in [0.1, 0.15) is 11.5 Å². The lowest BCUT2D eigenvalue weighted by Gasteiger charge is -2.20. The second-order valence-electron chi connectivity index (χ2n) is 4.98. The summed E-state index contributed by atoms with van der Waals surface area (Å²) < 4.78 is 15.1.